The molecule has 2 atom stereocenters. The molecule has 1 aromatic rings. The van der Waals surface area contributed by atoms with Gasteiger partial charge in [-0.15, -0.1) is 0 Å². The molecule has 2 rings (SSSR count). The van der Waals surface area contributed by atoms with Gasteiger partial charge in [-0.2, -0.15) is 0 Å². The van der Waals surface area contributed by atoms with E-state index in [4.69, 9.17) is 0 Å². The van der Waals surface area contributed by atoms with E-state index in [2.05, 4.69) is 22.9 Å². The van der Waals surface area contributed by atoms with E-state index >= 15 is 0 Å². The van der Waals surface area contributed by atoms with Crippen LogP contribution < -0.4 is 16.0 Å². The number of rotatable bonds is 5. The highest BCUT2D eigenvalue weighted by molar-refractivity contribution is 5.95. The lowest BCUT2D eigenvalue weighted by atomic mass is 9.86. The van der Waals surface area contributed by atoms with Crippen molar-refractivity contribution in [3.05, 3.63) is 29.8 Å². The average molecular weight is 345 g/mol. The van der Waals surface area contributed by atoms with E-state index in [1.807, 2.05) is 32.9 Å². The Morgan fingerprint density at radius 2 is 1.72 bits per heavy atom. The summed E-state index contributed by atoms with van der Waals surface area (Å²) in [4.78, 5) is 24.2. The highest BCUT2D eigenvalue weighted by Crippen LogP contribution is 2.23. The molecule has 3 N–H and O–H groups in total. The maximum Gasteiger partial charge on any atom is 0.251 e. The van der Waals surface area contributed by atoms with Gasteiger partial charge in [0, 0.05) is 22.8 Å². The molecule has 0 aromatic heterocycles. The Labute approximate surface area is 151 Å². The normalized spacial score (nSPS) is 20.6. The van der Waals surface area contributed by atoms with Gasteiger partial charge in [-0.1, -0.05) is 19.8 Å². The van der Waals surface area contributed by atoms with Gasteiger partial charge in [0.05, 0.1) is 6.54 Å². The number of hydrogen-bond acceptors (Lipinski definition) is 3. The Balaban J connectivity index is 1.81. The molecule has 0 spiro atoms. The quantitative estimate of drug-likeness (QED) is 0.767. The minimum Gasteiger partial charge on any atom is -0.376 e. The Kier molecular flexibility index (Phi) is 6.45. The molecular weight excluding hydrogens is 314 g/mol. The highest BCUT2D eigenvalue weighted by atomic mass is 16.2. The van der Waals surface area contributed by atoms with Crippen molar-refractivity contribution in [2.24, 2.45) is 5.92 Å². The number of nitrogens with one attached hydrogen (secondary N) is 3. The zero-order valence-corrected chi connectivity index (χ0v) is 15.8. The van der Waals surface area contributed by atoms with E-state index in [0.717, 1.165) is 12.1 Å². The van der Waals surface area contributed by atoms with Gasteiger partial charge < -0.3 is 16.0 Å². The first-order valence-electron chi connectivity index (χ1n) is 9.20. The van der Waals surface area contributed by atoms with Crippen molar-refractivity contribution in [3.8, 4) is 0 Å². The smallest absolute Gasteiger partial charge is 0.251 e. The van der Waals surface area contributed by atoms with E-state index in [0.29, 0.717) is 17.5 Å². The average Bonchev–Trinajstić information content (AvgIpc) is 2.54. The molecule has 0 saturated heterocycles. The van der Waals surface area contributed by atoms with E-state index in [1.165, 1.54) is 19.3 Å². The van der Waals surface area contributed by atoms with E-state index in [-0.39, 0.29) is 23.9 Å². The van der Waals surface area contributed by atoms with Crippen LogP contribution in [0.5, 0.6) is 0 Å². The van der Waals surface area contributed by atoms with Crippen LogP contribution in [0.15, 0.2) is 24.3 Å². The van der Waals surface area contributed by atoms with Gasteiger partial charge in [0.1, 0.15) is 0 Å². The Bertz CT molecular complexity index is 590. The molecule has 5 heteroatoms. The van der Waals surface area contributed by atoms with Crippen molar-refractivity contribution < 1.29 is 9.59 Å². The predicted molar refractivity (Wildman–Crippen MR) is 102 cm³/mol. The zero-order valence-electron chi connectivity index (χ0n) is 15.8. The topological polar surface area (TPSA) is 70.2 Å². The molecule has 1 aromatic carbocycles. The highest BCUT2D eigenvalue weighted by Gasteiger charge is 2.22. The summed E-state index contributed by atoms with van der Waals surface area (Å²) in [5.74, 6) is 0.481. The summed E-state index contributed by atoms with van der Waals surface area (Å²) in [6, 6.07) is 7.49. The standard InChI is InChI=1S/C20H31N3O2/c1-14-7-5-6-8-17(14)22-18(24)13-21-16-11-9-15(10-12-16)19(25)23-20(2,3)4/h9-12,14,17,21H,5-8,13H2,1-4H3,(H,22,24)(H,23,25)/t14-,17-/m1/s1. The lowest BCUT2D eigenvalue weighted by Crippen LogP contribution is -2.43. The number of hydrogen-bond donors (Lipinski definition) is 3. The maximum absolute atomic E-state index is 12.1. The van der Waals surface area contributed by atoms with Crippen molar-refractivity contribution in [3.63, 3.8) is 0 Å². The molecular formula is C20H31N3O2. The Morgan fingerprint density at radius 3 is 2.32 bits per heavy atom. The molecule has 1 aliphatic carbocycles. The second-order valence-corrected chi connectivity index (χ2v) is 8.07. The van der Waals surface area contributed by atoms with Gasteiger partial charge in [0.15, 0.2) is 0 Å². The molecule has 1 aliphatic rings. The van der Waals surface area contributed by atoms with Gasteiger partial charge in [-0.3, -0.25) is 9.59 Å². The first-order valence-corrected chi connectivity index (χ1v) is 9.20. The molecule has 2 amide bonds. The van der Waals surface area contributed by atoms with Crippen LogP contribution in [0.25, 0.3) is 0 Å². The Hall–Kier alpha value is -2.04. The van der Waals surface area contributed by atoms with Crippen LogP contribution in [0.2, 0.25) is 0 Å². The number of amides is 2. The maximum atomic E-state index is 12.1. The lowest BCUT2D eigenvalue weighted by molar-refractivity contribution is -0.120. The fourth-order valence-corrected chi connectivity index (χ4v) is 3.12. The summed E-state index contributed by atoms with van der Waals surface area (Å²) in [6.45, 7) is 8.31. The molecule has 0 unspecified atom stereocenters. The monoisotopic (exact) mass is 345 g/mol. The third-order valence-electron chi connectivity index (χ3n) is 4.55. The van der Waals surface area contributed by atoms with Crippen LogP contribution in [0, 0.1) is 5.92 Å². The molecule has 0 bridgehead atoms. The molecule has 0 heterocycles. The summed E-state index contributed by atoms with van der Waals surface area (Å²) in [5.41, 5.74) is 1.18. The van der Waals surface area contributed by atoms with Crippen LogP contribution in [-0.4, -0.2) is 29.9 Å². The molecule has 25 heavy (non-hydrogen) atoms. The first kappa shape index (κ1) is 19.3. The van der Waals surface area contributed by atoms with Gasteiger partial charge in [0.2, 0.25) is 5.91 Å². The summed E-state index contributed by atoms with van der Waals surface area (Å²) in [7, 11) is 0. The fourth-order valence-electron chi connectivity index (χ4n) is 3.12. The SMILES string of the molecule is C[C@@H]1CCCC[C@H]1NC(=O)CNc1ccc(C(=O)NC(C)(C)C)cc1. The van der Waals surface area contributed by atoms with Crippen molar-refractivity contribution in [2.75, 3.05) is 11.9 Å². The molecule has 138 valence electrons. The first-order chi connectivity index (χ1) is 11.7. The second-order valence-electron chi connectivity index (χ2n) is 8.07. The molecule has 5 nitrogen and oxygen atoms in total. The number of benzene rings is 1. The Morgan fingerprint density at radius 1 is 1.08 bits per heavy atom. The van der Waals surface area contributed by atoms with Gasteiger partial charge in [-0.25, -0.2) is 0 Å². The van der Waals surface area contributed by atoms with Crippen LogP contribution in [0.4, 0.5) is 5.69 Å². The number of carbonyl (C=O) groups is 2. The van der Waals surface area contributed by atoms with Crippen LogP contribution >= 0.6 is 0 Å². The summed E-state index contributed by atoms with van der Waals surface area (Å²) in [6.07, 6.45) is 4.72. The molecule has 0 radical (unpaired) electrons. The van der Waals surface area contributed by atoms with Crippen molar-refractivity contribution in [2.45, 2.75) is 65.0 Å². The van der Waals surface area contributed by atoms with Crippen molar-refractivity contribution in [1.29, 1.82) is 0 Å². The van der Waals surface area contributed by atoms with Crippen molar-refractivity contribution in [1.82, 2.24) is 10.6 Å². The van der Waals surface area contributed by atoms with E-state index in [1.54, 1.807) is 12.1 Å². The van der Waals surface area contributed by atoms with Gasteiger partial charge in [-0.05, 0) is 63.8 Å². The minimum atomic E-state index is -0.262. The van der Waals surface area contributed by atoms with Gasteiger partial charge >= 0.3 is 0 Å². The van der Waals surface area contributed by atoms with E-state index < -0.39 is 0 Å². The fraction of sp³-hybridized carbons (Fsp3) is 0.600. The number of anilines is 1. The third kappa shape index (κ3) is 6.40. The van der Waals surface area contributed by atoms with Crippen LogP contribution in [0.1, 0.15) is 63.7 Å². The van der Waals surface area contributed by atoms with Crippen LogP contribution in [-0.2, 0) is 4.79 Å². The van der Waals surface area contributed by atoms with Crippen molar-refractivity contribution >= 4 is 17.5 Å². The number of carbonyl (C=O) groups excluding carboxylic acids is 2. The summed E-state index contributed by atoms with van der Waals surface area (Å²) < 4.78 is 0. The van der Waals surface area contributed by atoms with E-state index in [9.17, 15) is 9.59 Å². The van der Waals surface area contributed by atoms with Gasteiger partial charge in [0.25, 0.3) is 5.91 Å². The molecule has 0 aliphatic heterocycles. The molecule has 1 fully saturated rings. The predicted octanol–water partition coefficient (Wildman–Crippen LogP) is 3.32. The summed E-state index contributed by atoms with van der Waals surface area (Å²) in [5, 5.41) is 9.18. The van der Waals surface area contributed by atoms with Crippen LogP contribution in [0.3, 0.4) is 0 Å². The molecule has 1 saturated carbocycles. The summed E-state index contributed by atoms with van der Waals surface area (Å²) >= 11 is 0. The largest absolute Gasteiger partial charge is 0.376 e. The minimum absolute atomic E-state index is 0.0216. The zero-order chi connectivity index (χ0) is 18.4. The lowest BCUT2D eigenvalue weighted by Gasteiger charge is -2.29. The third-order valence-corrected chi connectivity index (χ3v) is 4.55. The second kappa shape index (κ2) is 8.37.